The van der Waals surface area contributed by atoms with E-state index >= 15 is 0 Å². The van der Waals surface area contributed by atoms with E-state index in [1.807, 2.05) is 5.43 Å². The molecule has 0 unspecified atom stereocenters. The molecule has 0 aliphatic carbocycles. The van der Waals surface area contributed by atoms with Crippen LogP contribution in [0.1, 0.15) is 22.8 Å². The molecule has 0 aliphatic rings. The van der Waals surface area contributed by atoms with E-state index in [9.17, 15) is 28.9 Å². The number of nitrogens with one attached hydrogen (secondary N) is 2. The van der Waals surface area contributed by atoms with Gasteiger partial charge in [-0.05, 0) is 37.3 Å². The Hall–Kier alpha value is -4.93. The molecule has 0 aromatic heterocycles. The maximum atomic E-state index is 13.6. The molecule has 0 fully saturated rings. The van der Waals surface area contributed by atoms with Crippen LogP contribution in [-0.4, -0.2) is 28.4 Å². The number of amides is 2. The van der Waals surface area contributed by atoms with Crippen LogP contribution in [0.25, 0.3) is 0 Å². The van der Waals surface area contributed by atoms with Crippen molar-refractivity contribution in [3.8, 4) is 5.75 Å². The molecular weight excluding hydrogens is 447 g/mol. The lowest BCUT2D eigenvalue weighted by Gasteiger charge is -2.10. The molecule has 34 heavy (non-hydrogen) atoms. The molecule has 11 heteroatoms. The zero-order chi connectivity index (χ0) is 24.7. The summed E-state index contributed by atoms with van der Waals surface area (Å²) >= 11 is 0. The predicted octanol–water partition coefficient (Wildman–Crippen LogP) is 3.43. The molecule has 0 aliphatic heterocycles. The van der Waals surface area contributed by atoms with Crippen LogP contribution in [0.2, 0.25) is 0 Å². The van der Waals surface area contributed by atoms with E-state index in [0.29, 0.717) is 0 Å². The Bertz CT molecular complexity index is 1310. The van der Waals surface area contributed by atoms with Crippen molar-refractivity contribution in [3.05, 3.63) is 99.9 Å². The van der Waals surface area contributed by atoms with Crippen LogP contribution in [0.15, 0.2) is 77.9 Å². The lowest BCUT2D eigenvalue weighted by Crippen LogP contribution is -2.33. The summed E-state index contributed by atoms with van der Waals surface area (Å²) in [5.74, 6) is -3.94. The van der Waals surface area contributed by atoms with Crippen molar-refractivity contribution in [2.24, 2.45) is 5.10 Å². The first-order valence-corrected chi connectivity index (χ1v) is 9.73. The number of hydrogen-bond acceptors (Lipinski definition) is 7. The Kier molecular flexibility index (Phi) is 7.39. The van der Waals surface area contributed by atoms with Crippen molar-refractivity contribution >= 4 is 34.9 Å². The number of nitro groups is 1. The Morgan fingerprint density at radius 2 is 1.53 bits per heavy atom. The van der Waals surface area contributed by atoms with Crippen LogP contribution < -0.4 is 15.5 Å². The first kappa shape index (κ1) is 23.7. The third-order valence-electron chi connectivity index (χ3n) is 4.45. The van der Waals surface area contributed by atoms with Crippen molar-refractivity contribution in [2.75, 3.05) is 5.32 Å². The van der Waals surface area contributed by atoms with Crippen molar-refractivity contribution in [2.45, 2.75) is 6.92 Å². The number of hydrogen-bond donors (Lipinski definition) is 2. The minimum atomic E-state index is -1.16. The van der Waals surface area contributed by atoms with Gasteiger partial charge in [0.1, 0.15) is 17.1 Å². The van der Waals surface area contributed by atoms with Gasteiger partial charge in [0.25, 0.3) is 5.69 Å². The van der Waals surface area contributed by atoms with Gasteiger partial charge in [0.2, 0.25) is 0 Å². The molecule has 0 heterocycles. The number of anilines is 1. The van der Waals surface area contributed by atoms with Crippen LogP contribution in [0.4, 0.5) is 15.8 Å². The fraction of sp³-hybridized carbons (Fsp3) is 0.0435. The summed E-state index contributed by atoms with van der Waals surface area (Å²) in [5.41, 5.74) is 1.66. The number of carbonyl (C=O) groups excluding carboxylic acids is 3. The molecular formula is C23H17FN4O6. The number of esters is 1. The molecule has 0 spiro atoms. The summed E-state index contributed by atoms with van der Waals surface area (Å²) in [5, 5.41) is 17.1. The van der Waals surface area contributed by atoms with Gasteiger partial charge in [0.05, 0.1) is 16.3 Å². The first-order valence-electron chi connectivity index (χ1n) is 9.73. The SMILES string of the molecule is C/C(=N\NC(=O)C(=O)Nc1ccccc1F)c1ccccc1OC(=O)c1ccccc1[N+](=O)[O-]. The average Bonchev–Trinajstić information content (AvgIpc) is 2.83. The number of hydrazone groups is 1. The van der Waals surface area contributed by atoms with Crippen LogP contribution in [0.3, 0.4) is 0 Å². The summed E-state index contributed by atoms with van der Waals surface area (Å²) in [6, 6.07) is 16.8. The zero-order valence-electron chi connectivity index (χ0n) is 17.7. The summed E-state index contributed by atoms with van der Waals surface area (Å²) in [6.45, 7) is 1.48. The third-order valence-corrected chi connectivity index (χ3v) is 4.45. The van der Waals surface area contributed by atoms with E-state index in [1.165, 1.54) is 61.5 Å². The Labute approximate surface area is 192 Å². The monoisotopic (exact) mass is 464 g/mol. The van der Waals surface area contributed by atoms with Crippen molar-refractivity contribution < 1.29 is 28.4 Å². The molecule has 2 N–H and O–H groups in total. The molecule has 3 aromatic rings. The average molecular weight is 464 g/mol. The molecule has 0 radical (unpaired) electrons. The summed E-state index contributed by atoms with van der Waals surface area (Å²) in [7, 11) is 0. The Balaban J connectivity index is 1.74. The van der Waals surface area contributed by atoms with Gasteiger partial charge in [-0.15, -0.1) is 0 Å². The third kappa shape index (κ3) is 5.65. The van der Waals surface area contributed by atoms with Gasteiger partial charge in [-0.1, -0.05) is 36.4 Å². The van der Waals surface area contributed by atoms with Gasteiger partial charge < -0.3 is 10.1 Å². The highest BCUT2D eigenvalue weighted by Gasteiger charge is 2.22. The van der Waals surface area contributed by atoms with Gasteiger partial charge in [0.15, 0.2) is 0 Å². The van der Waals surface area contributed by atoms with Crippen molar-refractivity contribution in [3.63, 3.8) is 0 Å². The Morgan fingerprint density at radius 3 is 2.24 bits per heavy atom. The number of benzene rings is 3. The van der Waals surface area contributed by atoms with Crippen LogP contribution in [0, 0.1) is 15.9 Å². The van der Waals surface area contributed by atoms with Gasteiger partial charge in [0, 0.05) is 11.6 Å². The second-order valence-corrected chi connectivity index (χ2v) is 6.73. The second kappa shape index (κ2) is 10.6. The molecule has 172 valence electrons. The van der Waals surface area contributed by atoms with Gasteiger partial charge in [-0.3, -0.25) is 19.7 Å². The largest absolute Gasteiger partial charge is 0.422 e. The molecule has 0 saturated heterocycles. The number of rotatable bonds is 6. The molecule has 3 aromatic carbocycles. The van der Waals surface area contributed by atoms with Gasteiger partial charge >= 0.3 is 17.8 Å². The van der Waals surface area contributed by atoms with Gasteiger partial charge in [-0.25, -0.2) is 14.6 Å². The lowest BCUT2D eigenvalue weighted by atomic mass is 10.1. The molecule has 2 amide bonds. The fourth-order valence-corrected chi connectivity index (χ4v) is 2.80. The van der Waals surface area contributed by atoms with Gasteiger partial charge in [-0.2, -0.15) is 5.10 Å². The number of nitrogens with zero attached hydrogens (tertiary/aromatic N) is 2. The normalized spacial score (nSPS) is 10.8. The molecule has 3 rings (SSSR count). The topological polar surface area (TPSA) is 140 Å². The predicted molar refractivity (Wildman–Crippen MR) is 120 cm³/mol. The first-order chi connectivity index (χ1) is 16.3. The smallest absolute Gasteiger partial charge is 0.350 e. The van der Waals surface area contributed by atoms with Crippen LogP contribution in [0.5, 0.6) is 5.75 Å². The maximum absolute atomic E-state index is 13.6. The lowest BCUT2D eigenvalue weighted by molar-refractivity contribution is -0.385. The van der Waals surface area contributed by atoms with Crippen LogP contribution in [-0.2, 0) is 9.59 Å². The number of halogens is 1. The molecule has 0 saturated carbocycles. The second-order valence-electron chi connectivity index (χ2n) is 6.73. The van der Waals surface area contributed by atoms with E-state index in [4.69, 9.17) is 4.74 Å². The quantitative estimate of drug-likeness (QED) is 0.143. The summed E-state index contributed by atoms with van der Waals surface area (Å²) < 4.78 is 19.0. The van der Waals surface area contributed by atoms with E-state index < -0.39 is 34.2 Å². The number of carbonyl (C=O) groups is 3. The summed E-state index contributed by atoms with van der Waals surface area (Å²) in [6.07, 6.45) is 0. The molecule has 10 nitrogen and oxygen atoms in total. The standard InChI is InChI=1S/C23H17FN4O6/c1-14(26-27-22(30)21(29)25-18-11-5-4-10-17(18)24)15-8-3-7-13-20(15)34-23(31)16-9-2-6-12-19(16)28(32)33/h2-13H,1H3,(H,25,29)(H,27,30)/b26-14+. The number of para-hydroxylation sites is 3. The zero-order valence-corrected chi connectivity index (χ0v) is 17.7. The highest BCUT2D eigenvalue weighted by molar-refractivity contribution is 6.39. The van der Waals surface area contributed by atoms with E-state index in [-0.39, 0.29) is 28.3 Å². The highest BCUT2D eigenvalue weighted by atomic mass is 19.1. The minimum Gasteiger partial charge on any atom is -0.422 e. The van der Waals surface area contributed by atoms with E-state index in [1.54, 1.807) is 12.1 Å². The fourth-order valence-electron chi connectivity index (χ4n) is 2.80. The number of nitro benzene ring substituents is 1. The van der Waals surface area contributed by atoms with Crippen molar-refractivity contribution in [1.82, 2.24) is 5.43 Å². The summed E-state index contributed by atoms with van der Waals surface area (Å²) in [4.78, 5) is 47.1. The van der Waals surface area contributed by atoms with Crippen LogP contribution >= 0.6 is 0 Å². The Morgan fingerprint density at radius 1 is 0.912 bits per heavy atom. The van der Waals surface area contributed by atoms with E-state index in [0.717, 1.165) is 6.07 Å². The van der Waals surface area contributed by atoms with E-state index in [2.05, 4.69) is 10.4 Å². The maximum Gasteiger partial charge on any atom is 0.350 e. The minimum absolute atomic E-state index is 0.0250. The molecule has 0 atom stereocenters. The molecule has 0 bridgehead atoms. The van der Waals surface area contributed by atoms with Crippen molar-refractivity contribution in [1.29, 1.82) is 0 Å². The number of ether oxygens (including phenoxy) is 1. The highest BCUT2D eigenvalue weighted by Crippen LogP contribution is 2.23.